The summed E-state index contributed by atoms with van der Waals surface area (Å²) in [5.41, 5.74) is 0.619. The Morgan fingerprint density at radius 2 is 2.00 bits per heavy atom. The van der Waals surface area contributed by atoms with Crippen molar-refractivity contribution >= 4 is 10.9 Å². The van der Waals surface area contributed by atoms with Gasteiger partial charge in [-0.15, -0.1) is 0 Å². The van der Waals surface area contributed by atoms with E-state index in [1.165, 1.54) is 0 Å². The van der Waals surface area contributed by atoms with E-state index in [0.717, 1.165) is 17.8 Å². The van der Waals surface area contributed by atoms with Crippen molar-refractivity contribution in [2.45, 2.75) is 32.6 Å². The van der Waals surface area contributed by atoms with Crippen molar-refractivity contribution in [1.82, 2.24) is 9.97 Å². The van der Waals surface area contributed by atoms with Gasteiger partial charge in [0.05, 0.1) is 10.9 Å². The van der Waals surface area contributed by atoms with Crippen LogP contribution in [0.5, 0.6) is 0 Å². The number of fused-ring (bicyclic) bond motifs is 1. The Morgan fingerprint density at radius 1 is 1.31 bits per heavy atom. The molecule has 3 heteroatoms. The average Bonchev–Trinajstić information content (AvgIpc) is 2.29. The zero-order chi connectivity index (χ0) is 11.8. The lowest BCUT2D eigenvalue weighted by molar-refractivity contribution is 0.473. The van der Waals surface area contributed by atoms with E-state index in [0.29, 0.717) is 5.39 Å². The first-order valence-corrected chi connectivity index (χ1v) is 5.54. The van der Waals surface area contributed by atoms with Crippen LogP contribution in [0.25, 0.3) is 10.9 Å². The number of H-pyrrole nitrogens is 1. The van der Waals surface area contributed by atoms with Gasteiger partial charge >= 0.3 is 0 Å². The third-order valence-electron chi connectivity index (χ3n) is 3.14. The van der Waals surface area contributed by atoms with Crippen molar-refractivity contribution in [3.05, 3.63) is 40.4 Å². The summed E-state index contributed by atoms with van der Waals surface area (Å²) in [5.74, 6) is 0.763. The van der Waals surface area contributed by atoms with Crippen LogP contribution in [0.4, 0.5) is 0 Å². The minimum atomic E-state index is -0.0941. The van der Waals surface area contributed by atoms with Gasteiger partial charge in [-0.2, -0.15) is 0 Å². The standard InChI is InChI=1S/C13H16N2O/c1-4-13(2,3)12-14-10-8-6-5-7-9(10)11(16)15-12/h5-8H,4H2,1-3H3,(H,14,15,16). The fraction of sp³-hybridized carbons (Fsp3) is 0.385. The smallest absolute Gasteiger partial charge is 0.258 e. The number of aromatic amines is 1. The van der Waals surface area contributed by atoms with Crippen molar-refractivity contribution in [2.75, 3.05) is 0 Å². The van der Waals surface area contributed by atoms with Crippen molar-refractivity contribution in [3.8, 4) is 0 Å². The zero-order valence-corrected chi connectivity index (χ0v) is 9.87. The van der Waals surface area contributed by atoms with Crippen LogP contribution in [0.3, 0.4) is 0 Å². The van der Waals surface area contributed by atoms with E-state index in [2.05, 4.69) is 30.7 Å². The molecular weight excluding hydrogens is 200 g/mol. The van der Waals surface area contributed by atoms with E-state index in [1.54, 1.807) is 6.07 Å². The summed E-state index contributed by atoms with van der Waals surface area (Å²) in [6.07, 6.45) is 0.939. The predicted octanol–water partition coefficient (Wildman–Crippen LogP) is 2.61. The van der Waals surface area contributed by atoms with Gasteiger partial charge in [0, 0.05) is 5.41 Å². The van der Waals surface area contributed by atoms with Gasteiger partial charge in [-0.25, -0.2) is 4.98 Å². The van der Waals surface area contributed by atoms with Crippen molar-refractivity contribution in [2.24, 2.45) is 0 Å². The first-order valence-electron chi connectivity index (χ1n) is 5.54. The average molecular weight is 216 g/mol. The Kier molecular flexibility index (Phi) is 2.54. The molecule has 3 nitrogen and oxygen atoms in total. The first kappa shape index (κ1) is 10.9. The van der Waals surface area contributed by atoms with Crippen LogP contribution < -0.4 is 5.56 Å². The maximum atomic E-state index is 11.9. The van der Waals surface area contributed by atoms with Crippen LogP contribution in [0.15, 0.2) is 29.1 Å². The molecule has 2 aromatic rings. The van der Waals surface area contributed by atoms with E-state index in [4.69, 9.17) is 0 Å². The highest BCUT2D eigenvalue weighted by atomic mass is 16.1. The minimum absolute atomic E-state index is 0.0536. The molecule has 0 bridgehead atoms. The lowest BCUT2D eigenvalue weighted by Gasteiger charge is -2.21. The molecule has 2 rings (SSSR count). The quantitative estimate of drug-likeness (QED) is 0.838. The fourth-order valence-corrected chi connectivity index (χ4v) is 1.57. The molecule has 16 heavy (non-hydrogen) atoms. The van der Waals surface area contributed by atoms with Crippen LogP contribution in [0, 0.1) is 0 Å². The van der Waals surface area contributed by atoms with E-state index >= 15 is 0 Å². The van der Waals surface area contributed by atoms with Crippen LogP contribution >= 0.6 is 0 Å². The second kappa shape index (κ2) is 3.74. The minimum Gasteiger partial charge on any atom is -0.310 e. The van der Waals surface area contributed by atoms with Crippen molar-refractivity contribution < 1.29 is 0 Å². The van der Waals surface area contributed by atoms with Gasteiger partial charge in [0.2, 0.25) is 0 Å². The first-order chi connectivity index (χ1) is 7.54. The maximum Gasteiger partial charge on any atom is 0.258 e. The summed E-state index contributed by atoms with van der Waals surface area (Å²) >= 11 is 0. The number of para-hydroxylation sites is 1. The largest absolute Gasteiger partial charge is 0.310 e. The van der Waals surface area contributed by atoms with Crippen molar-refractivity contribution in [1.29, 1.82) is 0 Å². The van der Waals surface area contributed by atoms with Crippen LogP contribution in [0.1, 0.15) is 33.0 Å². The van der Waals surface area contributed by atoms with Gasteiger partial charge in [-0.05, 0) is 18.6 Å². The molecule has 0 spiro atoms. The molecular formula is C13H16N2O. The number of nitrogens with one attached hydrogen (secondary N) is 1. The molecule has 0 aliphatic carbocycles. The molecule has 0 aliphatic rings. The molecule has 1 aromatic heterocycles. The summed E-state index contributed by atoms with van der Waals surface area (Å²) in [5, 5.41) is 0.651. The number of hydrogen-bond acceptors (Lipinski definition) is 2. The highest BCUT2D eigenvalue weighted by Crippen LogP contribution is 2.23. The van der Waals surface area contributed by atoms with Crippen LogP contribution in [-0.2, 0) is 5.41 Å². The molecule has 0 amide bonds. The monoisotopic (exact) mass is 216 g/mol. The number of benzene rings is 1. The Bertz CT molecular complexity index is 569. The second-order valence-electron chi connectivity index (χ2n) is 4.67. The molecule has 1 N–H and O–H groups in total. The Hall–Kier alpha value is -1.64. The van der Waals surface area contributed by atoms with Crippen molar-refractivity contribution in [3.63, 3.8) is 0 Å². The van der Waals surface area contributed by atoms with Gasteiger partial charge in [0.25, 0.3) is 5.56 Å². The Morgan fingerprint density at radius 3 is 2.69 bits per heavy atom. The Labute approximate surface area is 94.5 Å². The summed E-state index contributed by atoms with van der Waals surface area (Å²) in [6, 6.07) is 7.42. The van der Waals surface area contributed by atoms with E-state index in [9.17, 15) is 4.79 Å². The molecule has 0 unspecified atom stereocenters. The summed E-state index contributed by atoms with van der Waals surface area (Å²) in [6.45, 7) is 6.26. The van der Waals surface area contributed by atoms with Crippen LogP contribution in [-0.4, -0.2) is 9.97 Å². The highest BCUT2D eigenvalue weighted by Gasteiger charge is 2.21. The molecule has 84 valence electrons. The lowest BCUT2D eigenvalue weighted by Crippen LogP contribution is -2.24. The molecule has 0 saturated heterocycles. The van der Waals surface area contributed by atoms with E-state index in [1.807, 2.05) is 18.2 Å². The van der Waals surface area contributed by atoms with E-state index in [-0.39, 0.29) is 11.0 Å². The molecule has 0 radical (unpaired) electrons. The molecule has 0 aliphatic heterocycles. The summed E-state index contributed by atoms with van der Waals surface area (Å²) < 4.78 is 0. The third-order valence-corrected chi connectivity index (χ3v) is 3.14. The molecule has 0 fully saturated rings. The van der Waals surface area contributed by atoms with E-state index < -0.39 is 0 Å². The fourth-order valence-electron chi connectivity index (χ4n) is 1.57. The maximum absolute atomic E-state index is 11.9. The number of rotatable bonds is 2. The Balaban J connectivity index is 2.72. The van der Waals surface area contributed by atoms with Gasteiger partial charge in [0.1, 0.15) is 5.82 Å². The van der Waals surface area contributed by atoms with Gasteiger partial charge in [-0.1, -0.05) is 32.9 Å². The summed E-state index contributed by atoms with van der Waals surface area (Å²) in [4.78, 5) is 19.3. The highest BCUT2D eigenvalue weighted by molar-refractivity contribution is 5.77. The normalized spacial score (nSPS) is 11.9. The topological polar surface area (TPSA) is 45.8 Å². The molecule has 0 saturated carbocycles. The zero-order valence-electron chi connectivity index (χ0n) is 9.87. The van der Waals surface area contributed by atoms with Gasteiger partial charge in [-0.3, -0.25) is 4.79 Å². The third kappa shape index (κ3) is 1.73. The SMILES string of the molecule is CCC(C)(C)c1nc2ccccc2c(=O)[nH]1. The molecule has 0 atom stereocenters. The van der Waals surface area contributed by atoms with Gasteiger partial charge < -0.3 is 4.98 Å². The molecule has 1 heterocycles. The van der Waals surface area contributed by atoms with Crippen LogP contribution in [0.2, 0.25) is 0 Å². The predicted molar refractivity (Wildman–Crippen MR) is 65.7 cm³/mol. The number of hydrogen-bond donors (Lipinski definition) is 1. The number of aromatic nitrogens is 2. The lowest BCUT2D eigenvalue weighted by atomic mass is 9.89. The number of nitrogens with zero attached hydrogens (tertiary/aromatic N) is 1. The van der Waals surface area contributed by atoms with Gasteiger partial charge in [0.15, 0.2) is 0 Å². The summed E-state index contributed by atoms with van der Waals surface area (Å²) in [7, 11) is 0. The molecule has 1 aromatic carbocycles. The second-order valence-corrected chi connectivity index (χ2v) is 4.67.